The van der Waals surface area contributed by atoms with E-state index in [0.717, 1.165) is 11.3 Å². The summed E-state index contributed by atoms with van der Waals surface area (Å²) in [5.41, 5.74) is 7.35. The van der Waals surface area contributed by atoms with Crippen molar-refractivity contribution in [3.63, 3.8) is 0 Å². The molecule has 1 saturated carbocycles. The largest absolute Gasteiger partial charge is 0.399 e. The molecular weight excluding hydrogens is 248 g/mol. The highest BCUT2D eigenvalue weighted by molar-refractivity contribution is 5.91. The van der Waals surface area contributed by atoms with Crippen LogP contribution in [-0.4, -0.2) is 11.9 Å². The Kier molecular flexibility index (Phi) is 5.22. The Morgan fingerprint density at radius 2 is 1.90 bits per heavy atom. The lowest BCUT2D eigenvalue weighted by Gasteiger charge is -2.27. The van der Waals surface area contributed by atoms with Crippen LogP contribution in [0.3, 0.4) is 0 Å². The lowest BCUT2D eigenvalue weighted by molar-refractivity contribution is -0.117. The van der Waals surface area contributed by atoms with E-state index in [1.807, 2.05) is 30.3 Å². The summed E-state index contributed by atoms with van der Waals surface area (Å²) in [4.78, 5) is 11.9. The van der Waals surface area contributed by atoms with Crippen molar-refractivity contribution in [3.05, 3.63) is 35.9 Å². The molecule has 3 heteroatoms. The average molecular weight is 272 g/mol. The van der Waals surface area contributed by atoms with Crippen molar-refractivity contribution in [2.45, 2.75) is 45.1 Å². The van der Waals surface area contributed by atoms with Crippen molar-refractivity contribution in [1.82, 2.24) is 5.32 Å². The Morgan fingerprint density at radius 1 is 1.25 bits per heavy atom. The highest BCUT2D eigenvalue weighted by Gasteiger charge is 2.20. The molecule has 1 amide bonds. The lowest BCUT2D eigenvalue weighted by Crippen LogP contribution is -2.37. The molecule has 1 aromatic rings. The van der Waals surface area contributed by atoms with Crippen LogP contribution in [0.15, 0.2) is 30.3 Å². The molecule has 0 heterocycles. The van der Waals surface area contributed by atoms with Gasteiger partial charge in [-0.1, -0.05) is 31.4 Å². The number of anilines is 1. The lowest BCUT2D eigenvalue weighted by atomic mass is 9.84. The smallest absolute Gasteiger partial charge is 0.244 e. The number of amides is 1. The molecule has 1 aliphatic rings. The minimum Gasteiger partial charge on any atom is -0.399 e. The van der Waals surface area contributed by atoms with Crippen molar-refractivity contribution in [2.24, 2.45) is 5.92 Å². The van der Waals surface area contributed by atoms with Crippen LogP contribution >= 0.6 is 0 Å². The van der Waals surface area contributed by atoms with E-state index < -0.39 is 0 Å². The topological polar surface area (TPSA) is 55.1 Å². The first-order chi connectivity index (χ1) is 9.65. The van der Waals surface area contributed by atoms with Gasteiger partial charge in [-0.15, -0.1) is 0 Å². The fraction of sp³-hybridized carbons (Fsp3) is 0.471. The summed E-state index contributed by atoms with van der Waals surface area (Å²) in [6.07, 6.45) is 9.84. The molecule has 0 bridgehead atoms. The third-order valence-corrected chi connectivity index (χ3v) is 4.09. The minimum absolute atomic E-state index is 0.0140. The molecule has 0 unspecified atom stereocenters. The molecule has 108 valence electrons. The molecule has 1 fully saturated rings. The van der Waals surface area contributed by atoms with Crippen LogP contribution in [0.5, 0.6) is 0 Å². The number of benzene rings is 1. The number of hydrogen-bond acceptors (Lipinski definition) is 2. The van der Waals surface area contributed by atoms with Gasteiger partial charge in [0.1, 0.15) is 0 Å². The first-order valence-electron chi connectivity index (χ1n) is 7.49. The van der Waals surface area contributed by atoms with Crippen LogP contribution in [-0.2, 0) is 4.79 Å². The number of nitrogens with one attached hydrogen (secondary N) is 1. The number of hydrogen-bond donors (Lipinski definition) is 2. The van der Waals surface area contributed by atoms with Gasteiger partial charge in [0.2, 0.25) is 5.91 Å². The second-order valence-corrected chi connectivity index (χ2v) is 5.70. The zero-order valence-corrected chi connectivity index (χ0v) is 12.1. The van der Waals surface area contributed by atoms with Crippen molar-refractivity contribution < 1.29 is 4.79 Å². The Balaban J connectivity index is 1.83. The molecule has 2 rings (SSSR count). The Hall–Kier alpha value is -1.77. The first-order valence-corrected chi connectivity index (χ1v) is 7.49. The third kappa shape index (κ3) is 4.41. The van der Waals surface area contributed by atoms with Crippen molar-refractivity contribution in [3.8, 4) is 0 Å². The van der Waals surface area contributed by atoms with Gasteiger partial charge in [-0.25, -0.2) is 0 Å². The number of carbonyl (C=O) groups is 1. The monoisotopic (exact) mass is 272 g/mol. The Morgan fingerprint density at radius 3 is 2.55 bits per heavy atom. The number of carbonyl (C=O) groups excluding carboxylic acids is 1. The van der Waals surface area contributed by atoms with Gasteiger partial charge in [-0.05, 0) is 49.5 Å². The van der Waals surface area contributed by atoms with Crippen LogP contribution in [0, 0.1) is 5.92 Å². The minimum atomic E-state index is -0.0140. The average Bonchev–Trinajstić information content (AvgIpc) is 2.47. The van der Waals surface area contributed by atoms with Gasteiger partial charge in [-0.2, -0.15) is 0 Å². The Bertz CT molecular complexity index is 458. The summed E-state index contributed by atoms with van der Waals surface area (Å²) in [5, 5.41) is 3.08. The van der Waals surface area contributed by atoms with E-state index in [-0.39, 0.29) is 11.9 Å². The summed E-state index contributed by atoms with van der Waals surface area (Å²) in [6.45, 7) is 2.12. The maximum absolute atomic E-state index is 11.9. The zero-order chi connectivity index (χ0) is 14.4. The van der Waals surface area contributed by atoms with Gasteiger partial charge in [0.15, 0.2) is 0 Å². The maximum Gasteiger partial charge on any atom is 0.244 e. The molecular formula is C17H24N2O. The summed E-state index contributed by atoms with van der Waals surface area (Å²) in [5.74, 6) is 0.623. The second kappa shape index (κ2) is 7.13. The van der Waals surface area contributed by atoms with E-state index in [1.54, 1.807) is 6.08 Å². The van der Waals surface area contributed by atoms with E-state index >= 15 is 0 Å². The van der Waals surface area contributed by atoms with Crippen molar-refractivity contribution in [1.29, 1.82) is 0 Å². The van der Waals surface area contributed by atoms with E-state index in [0.29, 0.717) is 5.92 Å². The highest BCUT2D eigenvalue weighted by Crippen LogP contribution is 2.26. The molecule has 0 aliphatic heterocycles. The summed E-state index contributed by atoms with van der Waals surface area (Å²) < 4.78 is 0. The number of nitrogens with two attached hydrogens (primary N) is 1. The highest BCUT2D eigenvalue weighted by atomic mass is 16.1. The van der Waals surface area contributed by atoms with E-state index in [4.69, 9.17) is 5.73 Å². The summed E-state index contributed by atoms with van der Waals surface area (Å²) in [7, 11) is 0. The molecule has 0 aromatic heterocycles. The quantitative estimate of drug-likeness (QED) is 0.652. The van der Waals surface area contributed by atoms with Crippen LogP contribution < -0.4 is 11.1 Å². The zero-order valence-electron chi connectivity index (χ0n) is 12.1. The molecule has 0 saturated heterocycles. The fourth-order valence-electron chi connectivity index (χ4n) is 2.80. The summed E-state index contributed by atoms with van der Waals surface area (Å²) >= 11 is 0. The van der Waals surface area contributed by atoms with Gasteiger partial charge in [-0.3, -0.25) is 4.79 Å². The first kappa shape index (κ1) is 14.6. The van der Waals surface area contributed by atoms with E-state index in [2.05, 4.69) is 12.2 Å². The van der Waals surface area contributed by atoms with Crippen LogP contribution in [0.2, 0.25) is 0 Å². The van der Waals surface area contributed by atoms with Gasteiger partial charge in [0, 0.05) is 17.8 Å². The van der Waals surface area contributed by atoms with Gasteiger partial charge < -0.3 is 11.1 Å². The molecule has 20 heavy (non-hydrogen) atoms. The molecule has 0 spiro atoms. The normalized spacial score (nSPS) is 18.1. The second-order valence-electron chi connectivity index (χ2n) is 5.70. The molecule has 1 aromatic carbocycles. The molecule has 1 atom stereocenters. The maximum atomic E-state index is 11.9. The predicted octanol–water partition coefficient (Wildman–Crippen LogP) is 3.37. The molecule has 0 radical (unpaired) electrons. The van der Waals surface area contributed by atoms with Crippen LogP contribution in [0.1, 0.15) is 44.6 Å². The number of nitrogen functional groups attached to an aromatic ring is 1. The van der Waals surface area contributed by atoms with Crippen molar-refractivity contribution >= 4 is 17.7 Å². The van der Waals surface area contributed by atoms with Gasteiger partial charge >= 0.3 is 0 Å². The van der Waals surface area contributed by atoms with E-state index in [9.17, 15) is 4.79 Å². The van der Waals surface area contributed by atoms with Crippen molar-refractivity contribution in [2.75, 3.05) is 5.73 Å². The van der Waals surface area contributed by atoms with Crippen LogP contribution in [0.4, 0.5) is 5.69 Å². The predicted molar refractivity (Wildman–Crippen MR) is 84.1 cm³/mol. The van der Waals surface area contributed by atoms with Gasteiger partial charge in [0.25, 0.3) is 0 Å². The molecule has 3 nitrogen and oxygen atoms in total. The third-order valence-electron chi connectivity index (χ3n) is 4.09. The number of rotatable bonds is 4. The van der Waals surface area contributed by atoms with Gasteiger partial charge in [0.05, 0.1) is 0 Å². The van der Waals surface area contributed by atoms with Crippen LogP contribution in [0.25, 0.3) is 6.08 Å². The fourth-order valence-corrected chi connectivity index (χ4v) is 2.80. The van der Waals surface area contributed by atoms with E-state index in [1.165, 1.54) is 32.1 Å². The Labute approximate surface area is 121 Å². The molecule has 1 aliphatic carbocycles. The summed E-state index contributed by atoms with van der Waals surface area (Å²) in [6, 6.07) is 7.75. The standard InChI is InChI=1S/C17H24N2O/c1-13(15-5-3-2-4-6-15)19-17(20)12-9-14-7-10-16(18)11-8-14/h7-13,15H,2-6,18H2,1H3,(H,19,20)/b12-9+/t13-/m0/s1. The SMILES string of the molecule is C[C@H](NC(=O)/C=C/c1ccc(N)cc1)C1CCCCC1. The molecule has 3 N–H and O–H groups in total.